The van der Waals surface area contributed by atoms with Gasteiger partial charge in [0, 0.05) is 0 Å². The number of carboxylic acids is 1. The number of aliphatic hydroxyl groups excluding tert-OH is 1. The summed E-state index contributed by atoms with van der Waals surface area (Å²) in [5.74, 6) is -4.23. The second kappa shape index (κ2) is 7.42. The molecule has 0 bridgehead atoms. The van der Waals surface area contributed by atoms with Crippen molar-refractivity contribution < 1.29 is 29.3 Å². The summed E-state index contributed by atoms with van der Waals surface area (Å²) in [6, 6.07) is 0. The molecule has 0 aromatic rings. The molecule has 0 saturated carbocycles. The standard InChI is InChI=1S/C15H18O6/c1-3-4-5-9(2)6-7-10(16)13-14(19)11(8-12(17)18)21-15(13)20/h6-9,19H,3-5H2,1-2H3,(H,17,18)/b7-6+,11-8-. The molecule has 21 heavy (non-hydrogen) atoms. The minimum absolute atomic E-state index is 0.170. The van der Waals surface area contributed by atoms with E-state index in [-0.39, 0.29) is 5.92 Å². The monoisotopic (exact) mass is 294 g/mol. The Bertz CT molecular complexity index is 538. The maximum atomic E-state index is 11.9. The van der Waals surface area contributed by atoms with Gasteiger partial charge in [-0.3, -0.25) is 4.79 Å². The molecular formula is C15H18O6. The van der Waals surface area contributed by atoms with Gasteiger partial charge < -0.3 is 14.9 Å². The molecule has 6 heteroatoms. The summed E-state index contributed by atoms with van der Waals surface area (Å²) in [6.45, 7) is 4.01. The second-order valence-corrected chi connectivity index (χ2v) is 4.80. The Morgan fingerprint density at radius 1 is 1.38 bits per heavy atom. The van der Waals surface area contributed by atoms with E-state index in [0.29, 0.717) is 6.08 Å². The van der Waals surface area contributed by atoms with Gasteiger partial charge in [-0.2, -0.15) is 0 Å². The number of hydrogen-bond acceptors (Lipinski definition) is 5. The van der Waals surface area contributed by atoms with Crippen molar-refractivity contribution in [2.24, 2.45) is 5.92 Å². The summed E-state index contributed by atoms with van der Waals surface area (Å²) in [5.41, 5.74) is -0.540. The molecule has 1 heterocycles. The summed E-state index contributed by atoms with van der Waals surface area (Å²) < 4.78 is 4.55. The number of unbranched alkanes of at least 4 members (excludes halogenated alkanes) is 1. The van der Waals surface area contributed by atoms with Gasteiger partial charge in [-0.1, -0.05) is 32.8 Å². The lowest BCUT2D eigenvalue weighted by molar-refractivity contribution is -0.134. The smallest absolute Gasteiger partial charge is 0.351 e. The number of hydrogen-bond donors (Lipinski definition) is 2. The average Bonchev–Trinajstić information content (AvgIpc) is 2.67. The van der Waals surface area contributed by atoms with Crippen molar-refractivity contribution in [1.29, 1.82) is 0 Å². The number of aliphatic carboxylic acids is 1. The van der Waals surface area contributed by atoms with E-state index in [0.717, 1.165) is 19.3 Å². The lowest BCUT2D eigenvalue weighted by Crippen LogP contribution is -2.09. The van der Waals surface area contributed by atoms with Gasteiger partial charge in [0.05, 0.1) is 6.08 Å². The van der Waals surface area contributed by atoms with E-state index >= 15 is 0 Å². The fourth-order valence-corrected chi connectivity index (χ4v) is 1.80. The van der Waals surface area contributed by atoms with Crippen LogP contribution in [0.4, 0.5) is 0 Å². The molecule has 0 aliphatic carbocycles. The van der Waals surface area contributed by atoms with Crippen LogP contribution in [0.15, 0.2) is 35.3 Å². The lowest BCUT2D eigenvalue weighted by Gasteiger charge is -2.03. The van der Waals surface area contributed by atoms with Gasteiger partial charge in [0.2, 0.25) is 0 Å². The molecule has 2 N–H and O–H groups in total. The molecule has 0 fully saturated rings. The molecule has 0 spiro atoms. The van der Waals surface area contributed by atoms with Gasteiger partial charge in [0.15, 0.2) is 22.9 Å². The minimum Gasteiger partial charge on any atom is -0.504 e. The predicted octanol–water partition coefficient (Wildman–Crippen LogP) is 2.28. The molecule has 6 nitrogen and oxygen atoms in total. The Morgan fingerprint density at radius 2 is 2.05 bits per heavy atom. The van der Waals surface area contributed by atoms with E-state index in [4.69, 9.17) is 5.11 Å². The van der Waals surface area contributed by atoms with Gasteiger partial charge in [-0.25, -0.2) is 9.59 Å². The highest BCUT2D eigenvalue weighted by atomic mass is 16.6. The first-order valence-corrected chi connectivity index (χ1v) is 6.69. The largest absolute Gasteiger partial charge is 0.504 e. The van der Waals surface area contributed by atoms with E-state index in [1.807, 2.05) is 6.92 Å². The number of carbonyl (C=O) groups excluding carboxylic acids is 2. The SMILES string of the molecule is CCCCC(C)/C=C/C(=O)C1=C(O)/C(=C/C(=O)O)OC1=O. The highest BCUT2D eigenvalue weighted by Crippen LogP contribution is 2.25. The molecule has 1 aliphatic heterocycles. The number of ether oxygens (including phenoxy) is 1. The van der Waals surface area contributed by atoms with Crippen molar-refractivity contribution in [3.05, 3.63) is 35.3 Å². The third-order valence-corrected chi connectivity index (χ3v) is 2.97. The summed E-state index contributed by atoms with van der Waals surface area (Å²) in [6.07, 6.45) is 6.39. The minimum atomic E-state index is -1.39. The lowest BCUT2D eigenvalue weighted by atomic mass is 10.0. The highest BCUT2D eigenvalue weighted by Gasteiger charge is 2.34. The summed E-state index contributed by atoms with van der Waals surface area (Å²) in [5, 5.41) is 18.3. The van der Waals surface area contributed by atoms with E-state index in [1.54, 1.807) is 6.08 Å². The molecule has 1 unspecified atom stereocenters. The van der Waals surface area contributed by atoms with Crippen LogP contribution in [0.1, 0.15) is 33.1 Å². The number of ketones is 1. The maximum absolute atomic E-state index is 11.9. The fourth-order valence-electron chi connectivity index (χ4n) is 1.80. The van der Waals surface area contributed by atoms with Gasteiger partial charge >= 0.3 is 11.9 Å². The number of cyclic esters (lactones) is 1. The number of esters is 1. The Morgan fingerprint density at radius 3 is 2.62 bits per heavy atom. The molecule has 1 atom stereocenters. The first kappa shape index (κ1) is 16.7. The molecule has 114 valence electrons. The molecule has 1 rings (SSSR count). The van der Waals surface area contributed by atoms with Gasteiger partial charge in [0.1, 0.15) is 0 Å². The van der Waals surface area contributed by atoms with Crippen LogP contribution in [0, 0.1) is 5.92 Å². The van der Waals surface area contributed by atoms with Crippen LogP contribution in [0.3, 0.4) is 0 Å². The topological polar surface area (TPSA) is 101 Å². The molecule has 0 aromatic carbocycles. The third kappa shape index (κ3) is 4.59. The number of allylic oxidation sites excluding steroid dienone is 2. The van der Waals surface area contributed by atoms with Crippen molar-refractivity contribution in [3.8, 4) is 0 Å². The number of rotatable bonds is 7. The zero-order chi connectivity index (χ0) is 16.0. The molecule has 1 aliphatic rings. The summed E-state index contributed by atoms with van der Waals surface area (Å²) >= 11 is 0. The van der Waals surface area contributed by atoms with Gasteiger partial charge in [-0.05, 0) is 18.4 Å². The Hall–Kier alpha value is -2.37. The quantitative estimate of drug-likeness (QED) is 0.424. The first-order valence-electron chi connectivity index (χ1n) is 6.69. The summed E-state index contributed by atoms with van der Waals surface area (Å²) in [4.78, 5) is 33.9. The molecular weight excluding hydrogens is 276 g/mol. The normalized spacial score (nSPS) is 18.4. The zero-order valence-electron chi connectivity index (χ0n) is 12.0. The number of carboxylic acid groups (broad SMARTS) is 1. The van der Waals surface area contributed by atoms with Crippen LogP contribution in [0.5, 0.6) is 0 Å². The number of carbonyl (C=O) groups is 3. The van der Waals surface area contributed by atoms with Crippen molar-refractivity contribution in [3.63, 3.8) is 0 Å². The first-order chi connectivity index (χ1) is 9.86. The molecule has 0 radical (unpaired) electrons. The van der Waals surface area contributed by atoms with Crippen LogP contribution in [0.2, 0.25) is 0 Å². The van der Waals surface area contributed by atoms with E-state index < -0.39 is 34.8 Å². The van der Waals surface area contributed by atoms with Crippen LogP contribution >= 0.6 is 0 Å². The van der Waals surface area contributed by atoms with E-state index in [9.17, 15) is 19.5 Å². The van der Waals surface area contributed by atoms with Crippen molar-refractivity contribution in [2.45, 2.75) is 33.1 Å². The van der Waals surface area contributed by atoms with Crippen LogP contribution < -0.4 is 0 Å². The summed E-state index contributed by atoms with van der Waals surface area (Å²) in [7, 11) is 0. The number of aliphatic hydroxyl groups is 1. The van der Waals surface area contributed by atoms with E-state index in [2.05, 4.69) is 11.7 Å². The molecule has 0 saturated heterocycles. The highest BCUT2D eigenvalue weighted by molar-refractivity contribution is 6.24. The Kier molecular flexibility index (Phi) is 5.90. The van der Waals surface area contributed by atoms with Crippen molar-refractivity contribution in [2.75, 3.05) is 0 Å². The van der Waals surface area contributed by atoms with Crippen LogP contribution in [-0.2, 0) is 19.1 Å². The molecule has 0 amide bonds. The van der Waals surface area contributed by atoms with Crippen molar-refractivity contribution >= 4 is 17.7 Å². The van der Waals surface area contributed by atoms with Crippen molar-refractivity contribution in [1.82, 2.24) is 0 Å². The van der Waals surface area contributed by atoms with Gasteiger partial charge in [0.25, 0.3) is 0 Å². The predicted molar refractivity (Wildman–Crippen MR) is 74.3 cm³/mol. The van der Waals surface area contributed by atoms with Crippen LogP contribution in [-0.4, -0.2) is 27.9 Å². The fraction of sp³-hybridized carbons (Fsp3) is 0.400. The Balaban J connectivity index is 2.86. The van der Waals surface area contributed by atoms with E-state index in [1.165, 1.54) is 6.08 Å². The Labute approximate surface area is 122 Å². The zero-order valence-corrected chi connectivity index (χ0v) is 12.0. The maximum Gasteiger partial charge on any atom is 0.351 e. The second-order valence-electron chi connectivity index (χ2n) is 4.80. The van der Waals surface area contributed by atoms with Gasteiger partial charge in [-0.15, -0.1) is 0 Å². The molecule has 0 aromatic heterocycles. The average molecular weight is 294 g/mol. The third-order valence-electron chi connectivity index (χ3n) is 2.97. The van der Waals surface area contributed by atoms with Crippen LogP contribution in [0.25, 0.3) is 0 Å².